The van der Waals surface area contributed by atoms with Gasteiger partial charge in [-0.05, 0) is 31.6 Å². The number of aromatic nitrogens is 3. The van der Waals surface area contributed by atoms with Gasteiger partial charge in [-0.25, -0.2) is 4.98 Å². The Balaban J connectivity index is 1.77. The Morgan fingerprint density at radius 3 is 2.75 bits per heavy atom. The van der Waals surface area contributed by atoms with E-state index in [2.05, 4.69) is 15.2 Å². The van der Waals surface area contributed by atoms with Crippen molar-refractivity contribution in [2.24, 2.45) is 5.92 Å². The van der Waals surface area contributed by atoms with Crippen LogP contribution in [0.2, 0.25) is 0 Å². The van der Waals surface area contributed by atoms with E-state index in [1.807, 2.05) is 18.7 Å². The van der Waals surface area contributed by atoms with Crippen molar-refractivity contribution in [2.45, 2.75) is 64.3 Å². The van der Waals surface area contributed by atoms with Gasteiger partial charge in [0.15, 0.2) is 0 Å². The van der Waals surface area contributed by atoms with Crippen LogP contribution >= 0.6 is 0 Å². The van der Waals surface area contributed by atoms with Crippen molar-refractivity contribution in [3.8, 4) is 0 Å². The highest BCUT2D eigenvalue weighted by Gasteiger charge is 2.37. The van der Waals surface area contributed by atoms with E-state index >= 15 is 0 Å². The lowest BCUT2D eigenvalue weighted by Crippen LogP contribution is -2.49. The van der Waals surface area contributed by atoms with E-state index in [1.54, 1.807) is 0 Å². The summed E-state index contributed by atoms with van der Waals surface area (Å²) in [5.74, 6) is 2.13. The fourth-order valence-corrected chi connectivity index (χ4v) is 3.63. The molecule has 2 heterocycles. The lowest BCUT2D eigenvalue weighted by Gasteiger charge is -2.43. The fraction of sp³-hybridized carbons (Fsp3) is 0.800. The molecule has 110 valence electrons. The van der Waals surface area contributed by atoms with Crippen molar-refractivity contribution in [3.63, 3.8) is 0 Å². The first kappa shape index (κ1) is 13.6. The third-order valence-electron chi connectivity index (χ3n) is 4.74. The van der Waals surface area contributed by atoms with Crippen molar-refractivity contribution in [1.82, 2.24) is 20.1 Å². The SMILES string of the molecule is CC(C)c1nc(C(=O)N2CCC[C@H]3CCCC[C@H]32)n[nH]1. The monoisotopic (exact) mass is 276 g/mol. The summed E-state index contributed by atoms with van der Waals surface area (Å²) in [6.07, 6.45) is 7.39. The van der Waals surface area contributed by atoms with Gasteiger partial charge in [-0.3, -0.25) is 9.89 Å². The predicted molar refractivity (Wildman–Crippen MR) is 76.5 cm³/mol. The van der Waals surface area contributed by atoms with Gasteiger partial charge in [-0.1, -0.05) is 26.7 Å². The van der Waals surface area contributed by atoms with Crippen LogP contribution in [0.3, 0.4) is 0 Å². The Hall–Kier alpha value is -1.39. The van der Waals surface area contributed by atoms with Crippen molar-refractivity contribution in [1.29, 1.82) is 0 Å². The van der Waals surface area contributed by atoms with Gasteiger partial charge in [-0.2, -0.15) is 0 Å². The summed E-state index contributed by atoms with van der Waals surface area (Å²) in [6.45, 7) is 4.96. The summed E-state index contributed by atoms with van der Waals surface area (Å²) in [7, 11) is 0. The molecule has 1 aromatic rings. The molecule has 5 nitrogen and oxygen atoms in total. The average molecular weight is 276 g/mol. The van der Waals surface area contributed by atoms with Crippen LogP contribution in [0, 0.1) is 5.92 Å². The number of hydrogen-bond donors (Lipinski definition) is 1. The van der Waals surface area contributed by atoms with Gasteiger partial charge in [0, 0.05) is 18.5 Å². The summed E-state index contributed by atoms with van der Waals surface area (Å²) < 4.78 is 0. The lowest BCUT2D eigenvalue weighted by molar-refractivity contribution is 0.0380. The smallest absolute Gasteiger partial charge is 0.293 e. The van der Waals surface area contributed by atoms with Crippen molar-refractivity contribution in [2.75, 3.05) is 6.54 Å². The topological polar surface area (TPSA) is 61.9 Å². The van der Waals surface area contributed by atoms with Gasteiger partial charge in [0.1, 0.15) is 5.82 Å². The molecule has 20 heavy (non-hydrogen) atoms. The van der Waals surface area contributed by atoms with Gasteiger partial charge in [0.25, 0.3) is 5.91 Å². The first-order chi connectivity index (χ1) is 9.66. The molecule has 2 atom stereocenters. The number of aromatic amines is 1. The minimum Gasteiger partial charge on any atom is -0.333 e. The minimum atomic E-state index is 0.0183. The summed E-state index contributed by atoms with van der Waals surface area (Å²) in [4.78, 5) is 19.1. The second kappa shape index (κ2) is 5.54. The predicted octanol–water partition coefficient (Wildman–Crippen LogP) is 2.72. The molecule has 1 N–H and O–H groups in total. The Morgan fingerprint density at radius 2 is 2.00 bits per heavy atom. The number of hydrogen-bond acceptors (Lipinski definition) is 3. The van der Waals surface area contributed by atoms with Crippen LogP contribution in [0.1, 0.15) is 74.7 Å². The summed E-state index contributed by atoms with van der Waals surface area (Å²) in [6, 6.07) is 0.422. The Bertz CT molecular complexity index is 480. The Morgan fingerprint density at radius 1 is 1.25 bits per heavy atom. The molecule has 3 rings (SSSR count). The number of fused-ring (bicyclic) bond motifs is 1. The standard InChI is InChI=1S/C15H24N4O/c1-10(2)13-16-14(18-17-13)15(20)19-9-5-7-11-6-3-4-8-12(11)19/h10-12H,3-9H2,1-2H3,(H,16,17,18)/t11-,12-/m1/s1. The first-order valence-electron chi connectivity index (χ1n) is 7.90. The lowest BCUT2D eigenvalue weighted by atomic mass is 9.78. The number of H-pyrrole nitrogens is 1. The largest absolute Gasteiger partial charge is 0.333 e. The quantitative estimate of drug-likeness (QED) is 0.903. The number of nitrogens with one attached hydrogen (secondary N) is 1. The molecule has 1 amide bonds. The number of carbonyl (C=O) groups excluding carboxylic acids is 1. The molecular formula is C15H24N4O. The molecule has 2 fully saturated rings. The number of nitrogens with zero attached hydrogens (tertiary/aromatic N) is 3. The van der Waals surface area contributed by atoms with Gasteiger partial charge in [-0.15, -0.1) is 5.10 Å². The zero-order valence-corrected chi connectivity index (χ0v) is 12.4. The maximum atomic E-state index is 12.7. The molecule has 2 aliphatic rings. The molecule has 0 radical (unpaired) electrons. The number of piperidine rings is 1. The van der Waals surface area contributed by atoms with Gasteiger partial charge >= 0.3 is 0 Å². The van der Waals surface area contributed by atoms with Crippen LogP contribution in [0.5, 0.6) is 0 Å². The summed E-state index contributed by atoms with van der Waals surface area (Å²) >= 11 is 0. The summed E-state index contributed by atoms with van der Waals surface area (Å²) in [5.41, 5.74) is 0. The van der Waals surface area contributed by atoms with E-state index in [-0.39, 0.29) is 11.8 Å². The second-order valence-electron chi connectivity index (χ2n) is 6.45. The first-order valence-corrected chi connectivity index (χ1v) is 7.90. The molecule has 1 saturated carbocycles. The number of rotatable bonds is 2. The van der Waals surface area contributed by atoms with Crippen LogP contribution < -0.4 is 0 Å². The van der Waals surface area contributed by atoms with Crippen LogP contribution in [-0.4, -0.2) is 38.6 Å². The molecule has 1 aliphatic heterocycles. The zero-order valence-electron chi connectivity index (χ0n) is 12.4. The van der Waals surface area contributed by atoms with Gasteiger partial charge in [0.05, 0.1) is 0 Å². The highest BCUT2D eigenvalue weighted by molar-refractivity contribution is 5.90. The molecule has 5 heteroatoms. The van der Waals surface area contributed by atoms with Crippen LogP contribution in [0.15, 0.2) is 0 Å². The fourth-order valence-electron chi connectivity index (χ4n) is 3.63. The van der Waals surface area contributed by atoms with Gasteiger partial charge in [0.2, 0.25) is 5.82 Å². The highest BCUT2D eigenvalue weighted by atomic mass is 16.2. The number of carbonyl (C=O) groups is 1. The van der Waals surface area contributed by atoms with Crippen LogP contribution in [0.25, 0.3) is 0 Å². The molecule has 0 unspecified atom stereocenters. The summed E-state index contributed by atoms with van der Waals surface area (Å²) in [5, 5.41) is 7.01. The molecule has 1 saturated heterocycles. The zero-order chi connectivity index (χ0) is 14.1. The third-order valence-corrected chi connectivity index (χ3v) is 4.74. The highest BCUT2D eigenvalue weighted by Crippen LogP contribution is 2.35. The Kier molecular flexibility index (Phi) is 3.76. The molecule has 1 aromatic heterocycles. The van der Waals surface area contributed by atoms with Gasteiger partial charge < -0.3 is 4.90 Å². The maximum Gasteiger partial charge on any atom is 0.293 e. The minimum absolute atomic E-state index is 0.0183. The molecule has 1 aliphatic carbocycles. The second-order valence-corrected chi connectivity index (χ2v) is 6.45. The molecule has 0 bridgehead atoms. The van der Waals surface area contributed by atoms with Crippen LogP contribution in [0.4, 0.5) is 0 Å². The Labute approximate surface area is 120 Å². The average Bonchev–Trinajstić information content (AvgIpc) is 2.96. The molecular weight excluding hydrogens is 252 g/mol. The normalized spacial score (nSPS) is 26.6. The number of amides is 1. The van der Waals surface area contributed by atoms with Crippen LogP contribution in [-0.2, 0) is 0 Å². The number of likely N-dealkylation sites (tertiary alicyclic amines) is 1. The van der Waals surface area contributed by atoms with E-state index in [9.17, 15) is 4.79 Å². The van der Waals surface area contributed by atoms with E-state index in [4.69, 9.17) is 0 Å². The van der Waals surface area contributed by atoms with Crippen molar-refractivity contribution >= 4 is 5.91 Å². The molecule has 0 spiro atoms. The molecule has 0 aromatic carbocycles. The third kappa shape index (κ3) is 2.45. The van der Waals surface area contributed by atoms with E-state index in [0.717, 1.165) is 25.2 Å². The maximum absolute atomic E-state index is 12.7. The van der Waals surface area contributed by atoms with Crippen molar-refractivity contribution < 1.29 is 4.79 Å². The van der Waals surface area contributed by atoms with E-state index in [1.165, 1.54) is 25.7 Å². The van der Waals surface area contributed by atoms with E-state index in [0.29, 0.717) is 17.8 Å². The van der Waals surface area contributed by atoms with Crippen molar-refractivity contribution in [3.05, 3.63) is 11.6 Å². The van der Waals surface area contributed by atoms with E-state index < -0.39 is 0 Å².